The van der Waals surface area contributed by atoms with Crippen molar-refractivity contribution in [1.29, 1.82) is 0 Å². The van der Waals surface area contributed by atoms with E-state index in [1.807, 2.05) is 19.9 Å². The molecular weight excluding hydrogens is 350 g/mol. The Morgan fingerprint density at radius 1 is 1.08 bits per heavy atom. The van der Waals surface area contributed by atoms with Gasteiger partial charge in [-0.3, -0.25) is 4.79 Å². The molecule has 0 N–H and O–H groups in total. The molecule has 0 saturated carbocycles. The van der Waals surface area contributed by atoms with Gasteiger partial charge in [0.2, 0.25) is 0 Å². The van der Waals surface area contributed by atoms with E-state index in [4.69, 9.17) is 4.74 Å². The summed E-state index contributed by atoms with van der Waals surface area (Å²) in [5.41, 5.74) is 2.48. The van der Waals surface area contributed by atoms with E-state index >= 15 is 0 Å². The highest BCUT2D eigenvalue weighted by Gasteiger charge is 2.20. The van der Waals surface area contributed by atoms with Crippen LogP contribution in [0.1, 0.15) is 31.3 Å². The molecule has 136 valence electrons. The second kappa shape index (κ2) is 6.61. The lowest BCUT2D eigenvalue weighted by Crippen LogP contribution is -2.06. The predicted octanol–water partition coefficient (Wildman–Crippen LogP) is 4.00. The van der Waals surface area contributed by atoms with Crippen LogP contribution in [0.3, 0.4) is 0 Å². The summed E-state index contributed by atoms with van der Waals surface area (Å²) in [5.74, 6) is 0.569. The first-order chi connectivity index (χ1) is 12.2. The number of fused-ring (bicyclic) bond motifs is 1. The molecule has 0 saturated heterocycles. The Hall–Kier alpha value is -2.60. The molecule has 0 aliphatic rings. The third-order valence-corrected chi connectivity index (χ3v) is 5.21. The zero-order chi connectivity index (χ0) is 19.1. The molecular formula is C20H21NO4S. The van der Waals surface area contributed by atoms with E-state index in [0.717, 1.165) is 5.52 Å². The maximum absolute atomic E-state index is 12.2. The van der Waals surface area contributed by atoms with Crippen LogP contribution < -0.4 is 4.74 Å². The van der Waals surface area contributed by atoms with Gasteiger partial charge in [-0.05, 0) is 32.0 Å². The summed E-state index contributed by atoms with van der Waals surface area (Å²) in [7, 11) is -3.42. The van der Waals surface area contributed by atoms with Crippen LogP contribution in [0.4, 0.5) is 0 Å². The number of nitrogens with zero attached hydrogens (tertiary/aromatic N) is 1. The van der Waals surface area contributed by atoms with Crippen molar-refractivity contribution in [3.05, 3.63) is 54.4 Å². The number of pyridine rings is 1. The number of ether oxygens (including phenoxy) is 1. The van der Waals surface area contributed by atoms with Crippen LogP contribution in [-0.4, -0.2) is 31.0 Å². The number of carbonyl (C=O) groups excluding carboxylic acids is 1. The van der Waals surface area contributed by atoms with Gasteiger partial charge in [0.05, 0.1) is 22.2 Å². The third kappa shape index (κ3) is 3.37. The molecule has 0 aliphatic carbocycles. The number of hydrogen-bond donors (Lipinski definition) is 0. The Bertz CT molecular complexity index is 1090. The fraction of sp³-hybridized carbons (Fsp3) is 0.250. The topological polar surface area (TPSA) is 64.8 Å². The minimum atomic E-state index is -3.42. The summed E-state index contributed by atoms with van der Waals surface area (Å²) in [5, 5.41) is 0. The van der Waals surface area contributed by atoms with Crippen molar-refractivity contribution in [1.82, 2.24) is 4.40 Å². The largest absolute Gasteiger partial charge is 0.491 e. The number of Topliss-reactive ketones (excluding diaryl/α,β-unsaturated/α-hetero) is 1. The number of rotatable bonds is 5. The minimum Gasteiger partial charge on any atom is -0.491 e. The van der Waals surface area contributed by atoms with Crippen LogP contribution in [0, 0.1) is 0 Å². The van der Waals surface area contributed by atoms with E-state index < -0.39 is 9.84 Å². The number of ketones is 1. The SMILES string of the molecule is CC(=O)c1cc(-c2ccccc2S(C)(=O)=O)c2cc(OC(C)C)ccn12. The monoisotopic (exact) mass is 371 g/mol. The van der Waals surface area contributed by atoms with Crippen LogP contribution in [0.15, 0.2) is 53.6 Å². The molecule has 5 nitrogen and oxygen atoms in total. The predicted molar refractivity (Wildman–Crippen MR) is 102 cm³/mol. The standard InChI is InChI=1S/C20H21NO4S/c1-13(2)25-15-9-10-21-18(14(3)22)12-17(19(21)11-15)16-7-5-6-8-20(16)26(4,23)24/h5-13H,1-4H3. The van der Waals surface area contributed by atoms with Gasteiger partial charge >= 0.3 is 0 Å². The molecule has 0 atom stereocenters. The fourth-order valence-corrected chi connectivity index (χ4v) is 3.93. The van der Waals surface area contributed by atoms with E-state index in [-0.39, 0.29) is 16.8 Å². The van der Waals surface area contributed by atoms with E-state index in [1.165, 1.54) is 13.2 Å². The highest BCUT2D eigenvalue weighted by molar-refractivity contribution is 7.90. The Labute approximate surface area is 153 Å². The van der Waals surface area contributed by atoms with Crippen molar-refractivity contribution in [2.75, 3.05) is 6.26 Å². The molecule has 0 aliphatic heterocycles. The number of aromatic nitrogens is 1. The normalized spacial score (nSPS) is 11.9. The quantitative estimate of drug-likeness (QED) is 0.636. The Morgan fingerprint density at radius 2 is 1.77 bits per heavy atom. The maximum atomic E-state index is 12.2. The average molecular weight is 371 g/mol. The van der Waals surface area contributed by atoms with Crippen molar-refractivity contribution < 1.29 is 17.9 Å². The van der Waals surface area contributed by atoms with Gasteiger partial charge in [0, 0.05) is 36.6 Å². The van der Waals surface area contributed by atoms with E-state index in [0.29, 0.717) is 22.6 Å². The van der Waals surface area contributed by atoms with Crippen molar-refractivity contribution in [3.63, 3.8) is 0 Å². The molecule has 26 heavy (non-hydrogen) atoms. The lowest BCUT2D eigenvalue weighted by atomic mass is 10.1. The van der Waals surface area contributed by atoms with Gasteiger partial charge in [0.15, 0.2) is 15.6 Å². The van der Waals surface area contributed by atoms with Gasteiger partial charge in [0.1, 0.15) is 5.75 Å². The fourth-order valence-electron chi connectivity index (χ4n) is 3.02. The molecule has 0 spiro atoms. The Balaban J connectivity index is 2.34. The van der Waals surface area contributed by atoms with Crippen LogP contribution in [-0.2, 0) is 9.84 Å². The molecule has 3 aromatic rings. The van der Waals surface area contributed by atoms with Crippen LogP contribution in [0.25, 0.3) is 16.6 Å². The first kappa shape index (κ1) is 18.2. The molecule has 0 fully saturated rings. The number of sulfone groups is 1. The Morgan fingerprint density at radius 3 is 2.38 bits per heavy atom. The molecule has 2 heterocycles. The lowest BCUT2D eigenvalue weighted by molar-refractivity contribution is 0.101. The number of benzene rings is 1. The summed E-state index contributed by atoms with van der Waals surface area (Å²) >= 11 is 0. The molecule has 1 aromatic carbocycles. The highest BCUT2D eigenvalue weighted by Crippen LogP contribution is 2.34. The van der Waals surface area contributed by atoms with Gasteiger partial charge in [0.25, 0.3) is 0 Å². The zero-order valence-corrected chi connectivity index (χ0v) is 16.0. The lowest BCUT2D eigenvalue weighted by Gasteiger charge is -2.11. The highest BCUT2D eigenvalue weighted by atomic mass is 32.2. The molecule has 0 amide bonds. The molecule has 0 unspecified atom stereocenters. The third-order valence-electron chi connectivity index (χ3n) is 4.05. The van der Waals surface area contributed by atoms with E-state index in [9.17, 15) is 13.2 Å². The average Bonchev–Trinajstić information content (AvgIpc) is 2.92. The summed E-state index contributed by atoms with van der Waals surface area (Å²) < 4.78 is 32.0. The van der Waals surface area contributed by atoms with Crippen molar-refractivity contribution >= 4 is 21.1 Å². The summed E-state index contributed by atoms with van der Waals surface area (Å²) in [4.78, 5) is 12.3. The van der Waals surface area contributed by atoms with Gasteiger partial charge in [-0.1, -0.05) is 18.2 Å². The van der Waals surface area contributed by atoms with Crippen molar-refractivity contribution in [2.24, 2.45) is 0 Å². The van der Waals surface area contributed by atoms with Crippen molar-refractivity contribution in [3.8, 4) is 16.9 Å². The smallest absolute Gasteiger partial charge is 0.176 e. The Kier molecular flexibility index (Phi) is 4.63. The van der Waals surface area contributed by atoms with Crippen LogP contribution in [0.2, 0.25) is 0 Å². The summed E-state index contributed by atoms with van der Waals surface area (Å²) in [6, 6.07) is 12.2. The zero-order valence-electron chi connectivity index (χ0n) is 15.2. The first-order valence-electron chi connectivity index (χ1n) is 8.30. The van der Waals surface area contributed by atoms with E-state index in [2.05, 4.69) is 0 Å². The van der Waals surface area contributed by atoms with Crippen LogP contribution >= 0.6 is 0 Å². The minimum absolute atomic E-state index is 0.00597. The number of carbonyl (C=O) groups is 1. The van der Waals surface area contributed by atoms with E-state index in [1.54, 1.807) is 47.0 Å². The van der Waals surface area contributed by atoms with Gasteiger partial charge in [-0.2, -0.15) is 0 Å². The molecule has 6 heteroatoms. The number of hydrogen-bond acceptors (Lipinski definition) is 4. The molecule has 0 radical (unpaired) electrons. The maximum Gasteiger partial charge on any atom is 0.176 e. The van der Waals surface area contributed by atoms with Crippen molar-refractivity contribution in [2.45, 2.75) is 31.8 Å². The van der Waals surface area contributed by atoms with Gasteiger partial charge in [-0.15, -0.1) is 0 Å². The molecule has 3 rings (SSSR count). The van der Waals surface area contributed by atoms with Gasteiger partial charge in [-0.25, -0.2) is 8.42 Å². The summed E-state index contributed by atoms with van der Waals surface area (Å²) in [6.07, 6.45) is 2.96. The summed E-state index contributed by atoms with van der Waals surface area (Å²) in [6.45, 7) is 5.36. The first-order valence-corrected chi connectivity index (χ1v) is 10.2. The second-order valence-electron chi connectivity index (χ2n) is 6.55. The van der Waals surface area contributed by atoms with Crippen LogP contribution in [0.5, 0.6) is 5.75 Å². The van der Waals surface area contributed by atoms with Gasteiger partial charge < -0.3 is 9.14 Å². The molecule has 0 bridgehead atoms. The molecule has 2 aromatic heterocycles. The second-order valence-corrected chi connectivity index (χ2v) is 8.54.